The fourth-order valence-electron chi connectivity index (χ4n) is 1.34. The number of rotatable bonds is 4. The molecule has 1 heterocycles. The molecule has 1 aliphatic heterocycles. The summed E-state index contributed by atoms with van der Waals surface area (Å²) in [6.07, 6.45) is 0. The average molecular weight is 245 g/mol. The Bertz CT molecular complexity index is 319. The topological polar surface area (TPSA) is 71.0 Å². The van der Waals surface area contributed by atoms with Crippen molar-refractivity contribution in [2.24, 2.45) is 4.99 Å². The van der Waals surface area contributed by atoms with Crippen LogP contribution in [0.5, 0.6) is 0 Å². The molecular weight excluding hydrogens is 230 g/mol. The number of amidine groups is 1. The molecule has 0 radical (unpaired) electrons. The first-order valence-corrected chi connectivity index (χ1v) is 5.76. The number of amides is 2. The Balaban J connectivity index is 2.74. The lowest BCUT2D eigenvalue weighted by Crippen LogP contribution is -2.49. The van der Waals surface area contributed by atoms with Crippen LogP contribution in [0.2, 0.25) is 0 Å². The van der Waals surface area contributed by atoms with Crippen molar-refractivity contribution in [3.05, 3.63) is 0 Å². The third-order valence-electron chi connectivity index (χ3n) is 2.29. The predicted molar refractivity (Wildman–Crippen MR) is 62.8 cm³/mol. The van der Waals surface area contributed by atoms with E-state index < -0.39 is 6.04 Å². The summed E-state index contributed by atoms with van der Waals surface area (Å²) in [5.74, 6) is 0.962. The molecule has 0 fully saturated rings. The summed E-state index contributed by atoms with van der Waals surface area (Å²) in [6, 6.07) is -0.458. The van der Waals surface area contributed by atoms with E-state index in [2.05, 4.69) is 10.3 Å². The van der Waals surface area contributed by atoms with Gasteiger partial charge in [-0.2, -0.15) is 4.99 Å². The van der Waals surface area contributed by atoms with Gasteiger partial charge in [0.05, 0.1) is 12.4 Å². The maximum atomic E-state index is 11.6. The Morgan fingerprint density at radius 1 is 1.75 bits per heavy atom. The number of ether oxygens (including phenoxy) is 1. The van der Waals surface area contributed by atoms with E-state index >= 15 is 0 Å². The van der Waals surface area contributed by atoms with E-state index in [-0.39, 0.29) is 17.8 Å². The van der Waals surface area contributed by atoms with Crippen LogP contribution >= 0.6 is 11.8 Å². The summed E-state index contributed by atoms with van der Waals surface area (Å²) in [7, 11) is 4.83. The minimum atomic E-state index is -0.458. The lowest BCUT2D eigenvalue weighted by Gasteiger charge is -2.27. The number of likely N-dealkylation sites (N-methyl/N-ethyl adjacent to an activating group) is 2. The van der Waals surface area contributed by atoms with Crippen molar-refractivity contribution in [3.63, 3.8) is 0 Å². The first kappa shape index (κ1) is 13.0. The van der Waals surface area contributed by atoms with E-state index in [9.17, 15) is 9.59 Å². The highest BCUT2D eigenvalue weighted by atomic mass is 32.2. The SMILES string of the molecule is CNC(=O)[C@H](COC)N(C)C1=NC(=O)SC1. The van der Waals surface area contributed by atoms with Crippen molar-refractivity contribution < 1.29 is 14.3 Å². The molecule has 0 aromatic carbocycles. The second-order valence-electron chi connectivity index (χ2n) is 3.28. The summed E-state index contributed by atoms with van der Waals surface area (Å²) in [5.41, 5.74) is 0. The number of nitrogens with zero attached hydrogens (tertiary/aromatic N) is 2. The number of hydrogen-bond acceptors (Lipinski definition) is 5. The van der Waals surface area contributed by atoms with Gasteiger partial charge in [-0.25, -0.2) is 0 Å². The monoisotopic (exact) mass is 245 g/mol. The molecule has 6 nitrogen and oxygen atoms in total. The Morgan fingerprint density at radius 3 is 2.88 bits per heavy atom. The van der Waals surface area contributed by atoms with Crippen LogP contribution in [0, 0.1) is 0 Å². The molecule has 1 aliphatic rings. The number of thioether (sulfide) groups is 1. The van der Waals surface area contributed by atoms with Crippen LogP contribution in [0.25, 0.3) is 0 Å². The molecule has 0 unspecified atom stereocenters. The molecule has 7 heteroatoms. The number of methoxy groups -OCH3 is 1. The highest BCUT2D eigenvalue weighted by molar-refractivity contribution is 8.14. The smallest absolute Gasteiger partial charge is 0.306 e. The van der Waals surface area contributed by atoms with Crippen molar-refractivity contribution in [3.8, 4) is 0 Å². The molecular formula is C9H15N3O3S. The number of carbonyl (C=O) groups excluding carboxylic acids is 2. The number of hydrogen-bond donors (Lipinski definition) is 1. The maximum absolute atomic E-state index is 11.6. The molecule has 1 rings (SSSR count). The largest absolute Gasteiger partial charge is 0.382 e. The van der Waals surface area contributed by atoms with Crippen LogP contribution in [0.1, 0.15) is 0 Å². The lowest BCUT2D eigenvalue weighted by atomic mass is 10.2. The summed E-state index contributed by atoms with van der Waals surface area (Å²) in [5, 5.41) is 2.35. The van der Waals surface area contributed by atoms with Gasteiger partial charge in [0.2, 0.25) is 5.91 Å². The number of aliphatic imine (C=N–C) groups is 1. The first-order chi connectivity index (χ1) is 7.60. The first-order valence-electron chi connectivity index (χ1n) is 4.77. The zero-order valence-electron chi connectivity index (χ0n) is 9.52. The summed E-state index contributed by atoms with van der Waals surface area (Å²) < 4.78 is 4.99. The van der Waals surface area contributed by atoms with Crippen molar-refractivity contribution >= 4 is 28.7 Å². The van der Waals surface area contributed by atoms with Crippen LogP contribution in [0.15, 0.2) is 4.99 Å². The van der Waals surface area contributed by atoms with E-state index in [0.29, 0.717) is 11.6 Å². The predicted octanol–water partition coefficient (Wildman–Crippen LogP) is -0.0555. The maximum Gasteiger partial charge on any atom is 0.306 e. The molecule has 2 amide bonds. The van der Waals surface area contributed by atoms with Crippen LogP contribution in [0.3, 0.4) is 0 Å². The zero-order chi connectivity index (χ0) is 12.1. The zero-order valence-corrected chi connectivity index (χ0v) is 10.3. The molecule has 0 saturated carbocycles. The molecule has 1 atom stereocenters. The van der Waals surface area contributed by atoms with E-state index in [4.69, 9.17) is 4.74 Å². The number of carbonyl (C=O) groups is 2. The summed E-state index contributed by atoms with van der Waals surface area (Å²) in [6.45, 7) is 0.258. The van der Waals surface area contributed by atoms with Gasteiger partial charge in [-0.05, 0) is 0 Å². The molecule has 0 saturated heterocycles. The standard InChI is InChI=1S/C9H15N3O3S/c1-10-8(13)6(4-15-3)12(2)7-5-16-9(14)11-7/h6H,4-5H2,1-3H3,(H,10,13)/t6-/m0/s1. The molecule has 0 spiro atoms. The van der Waals surface area contributed by atoms with Gasteiger partial charge in [0.25, 0.3) is 0 Å². The highest BCUT2D eigenvalue weighted by Crippen LogP contribution is 2.16. The van der Waals surface area contributed by atoms with Gasteiger partial charge in [0.15, 0.2) is 0 Å². The second kappa shape index (κ2) is 5.86. The minimum Gasteiger partial charge on any atom is -0.382 e. The Kier molecular flexibility index (Phi) is 4.75. The van der Waals surface area contributed by atoms with Gasteiger partial charge in [0.1, 0.15) is 11.9 Å². The summed E-state index contributed by atoms with van der Waals surface area (Å²) >= 11 is 1.13. The van der Waals surface area contributed by atoms with Gasteiger partial charge in [0, 0.05) is 21.2 Å². The Morgan fingerprint density at radius 2 is 2.44 bits per heavy atom. The normalized spacial score (nSPS) is 16.9. The molecule has 1 N–H and O–H groups in total. The van der Waals surface area contributed by atoms with Crippen molar-refractivity contribution in [1.82, 2.24) is 10.2 Å². The second-order valence-corrected chi connectivity index (χ2v) is 4.21. The average Bonchev–Trinajstić information content (AvgIpc) is 2.71. The quantitative estimate of drug-likeness (QED) is 0.751. The molecule has 16 heavy (non-hydrogen) atoms. The van der Waals surface area contributed by atoms with Crippen LogP contribution in [-0.2, 0) is 9.53 Å². The summed E-state index contributed by atoms with van der Waals surface area (Å²) in [4.78, 5) is 28.1. The molecule has 0 aliphatic carbocycles. The van der Waals surface area contributed by atoms with Crippen LogP contribution < -0.4 is 5.32 Å². The minimum absolute atomic E-state index is 0.156. The van der Waals surface area contributed by atoms with Gasteiger partial charge in [-0.15, -0.1) is 0 Å². The van der Waals surface area contributed by atoms with E-state index in [1.54, 1.807) is 19.0 Å². The Labute approximate surface area is 98.4 Å². The van der Waals surface area contributed by atoms with E-state index in [1.807, 2.05) is 0 Å². The van der Waals surface area contributed by atoms with Gasteiger partial charge in [-0.1, -0.05) is 11.8 Å². The van der Waals surface area contributed by atoms with Crippen LogP contribution in [0.4, 0.5) is 4.79 Å². The van der Waals surface area contributed by atoms with Crippen molar-refractivity contribution in [2.75, 3.05) is 33.6 Å². The third kappa shape index (κ3) is 2.96. The third-order valence-corrected chi connectivity index (χ3v) is 3.03. The number of nitrogens with one attached hydrogen (secondary N) is 1. The highest BCUT2D eigenvalue weighted by Gasteiger charge is 2.28. The fraction of sp³-hybridized carbons (Fsp3) is 0.667. The Hall–Kier alpha value is -1.08. The molecule has 0 aromatic heterocycles. The van der Waals surface area contributed by atoms with Crippen molar-refractivity contribution in [1.29, 1.82) is 0 Å². The molecule has 0 aromatic rings. The molecule has 90 valence electrons. The van der Waals surface area contributed by atoms with E-state index in [0.717, 1.165) is 11.8 Å². The van der Waals surface area contributed by atoms with Crippen LogP contribution in [-0.4, -0.2) is 61.5 Å². The van der Waals surface area contributed by atoms with Gasteiger partial charge < -0.3 is 15.0 Å². The van der Waals surface area contributed by atoms with E-state index in [1.165, 1.54) is 7.11 Å². The van der Waals surface area contributed by atoms with Crippen molar-refractivity contribution in [2.45, 2.75) is 6.04 Å². The van der Waals surface area contributed by atoms with Gasteiger partial charge >= 0.3 is 5.24 Å². The molecule has 0 bridgehead atoms. The van der Waals surface area contributed by atoms with Gasteiger partial charge in [-0.3, -0.25) is 9.59 Å². The fourth-order valence-corrected chi connectivity index (χ4v) is 2.04. The lowest BCUT2D eigenvalue weighted by molar-refractivity contribution is -0.125.